The summed E-state index contributed by atoms with van der Waals surface area (Å²) in [5.74, 6) is -0.131. The Morgan fingerprint density at radius 1 is 1.56 bits per heavy atom. The Morgan fingerprint density at radius 2 is 2.33 bits per heavy atom. The number of hydrogen-bond acceptors (Lipinski definition) is 3. The van der Waals surface area contributed by atoms with Gasteiger partial charge in [-0.2, -0.15) is 5.26 Å². The van der Waals surface area contributed by atoms with E-state index in [0.717, 1.165) is 19.3 Å². The van der Waals surface area contributed by atoms with Gasteiger partial charge in [0.15, 0.2) is 0 Å². The highest BCUT2D eigenvalue weighted by Crippen LogP contribution is 2.20. The van der Waals surface area contributed by atoms with E-state index in [2.05, 4.69) is 11.1 Å². The molecule has 2 heterocycles. The average Bonchev–Trinajstić information content (AvgIpc) is 2.36. The van der Waals surface area contributed by atoms with Crippen LogP contribution in [0, 0.1) is 18.3 Å². The van der Waals surface area contributed by atoms with E-state index < -0.39 is 0 Å². The predicted octanol–water partition coefficient (Wildman–Crippen LogP) is 2.56. The molecule has 1 unspecified atom stereocenters. The standard InChI is InChI=1S/C13H14ClN3O/c1-9-6-10(7-12(14)16-9)13(18)17-5-3-2-4-11(17)8-15/h6-7,11H,2-5H2,1H3. The van der Waals surface area contributed by atoms with Crippen molar-refractivity contribution < 1.29 is 4.79 Å². The highest BCUT2D eigenvalue weighted by molar-refractivity contribution is 6.29. The molecule has 1 aromatic rings. The van der Waals surface area contributed by atoms with E-state index in [-0.39, 0.29) is 11.9 Å². The van der Waals surface area contributed by atoms with Crippen LogP contribution in [0.15, 0.2) is 12.1 Å². The van der Waals surface area contributed by atoms with E-state index in [1.807, 2.05) is 0 Å². The number of rotatable bonds is 1. The zero-order valence-electron chi connectivity index (χ0n) is 10.2. The summed E-state index contributed by atoms with van der Waals surface area (Å²) in [4.78, 5) is 18.0. The fourth-order valence-electron chi connectivity index (χ4n) is 2.23. The summed E-state index contributed by atoms with van der Waals surface area (Å²) in [5, 5.41) is 9.39. The second-order valence-electron chi connectivity index (χ2n) is 4.46. The van der Waals surface area contributed by atoms with Gasteiger partial charge >= 0.3 is 0 Å². The summed E-state index contributed by atoms with van der Waals surface area (Å²) >= 11 is 5.86. The van der Waals surface area contributed by atoms with Gasteiger partial charge in [0.2, 0.25) is 0 Å². The van der Waals surface area contributed by atoms with Crippen molar-refractivity contribution in [3.63, 3.8) is 0 Å². The molecule has 1 aliphatic rings. The monoisotopic (exact) mass is 263 g/mol. The first-order valence-electron chi connectivity index (χ1n) is 5.96. The number of aryl methyl sites for hydroxylation is 1. The third-order valence-corrected chi connectivity index (χ3v) is 3.28. The topological polar surface area (TPSA) is 57.0 Å². The van der Waals surface area contributed by atoms with Gasteiger partial charge in [-0.15, -0.1) is 0 Å². The average molecular weight is 264 g/mol. The van der Waals surface area contributed by atoms with E-state index in [1.165, 1.54) is 0 Å². The van der Waals surface area contributed by atoms with Gasteiger partial charge in [0.05, 0.1) is 6.07 Å². The normalized spacial score (nSPS) is 19.4. The summed E-state index contributed by atoms with van der Waals surface area (Å²) in [6.07, 6.45) is 2.69. The van der Waals surface area contributed by atoms with Crippen molar-refractivity contribution in [1.82, 2.24) is 9.88 Å². The number of likely N-dealkylation sites (tertiary alicyclic amines) is 1. The molecular formula is C13H14ClN3O. The molecule has 1 atom stereocenters. The van der Waals surface area contributed by atoms with Crippen LogP contribution in [0.25, 0.3) is 0 Å². The molecule has 1 saturated heterocycles. The molecule has 0 N–H and O–H groups in total. The Labute approximate surface area is 111 Å². The van der Waals surface area contributed by atoms with E-state index in [4.69, 9.17) is 16.9 Å². The van der Waals surface area contributed by atoms with Gasteiger partial charge in [-0.05, 0) is 38.3 Å². The molecule has 2 rings (SSSR count). The summed E-state index contributed by atoms with van der Waals surface area (Å²) in [7, 11) is 0. The van der Waals surface area contributed by atoms with Crippen molar-refractivity contribution >= 4 is 17.5 Å². The Morgan fingerprint density at radius 3 is 3.00 bits per heavy atom. The van der Waals surface area contributed by atoms with Crippen LogP contribution < -0.4 is 0 Å². The SMILES string of the molecule is Cc1cc(C(=O)N2CCCCC2C#N)cc(Cl)n1. The van der Waals surface area contributed by atoms with Crippen molar-refractivity contribution in [2.24, 2.45) is 0 Å². The van der Waals surface area contributed by atoms with Crippen LogP contribution in [0.4, 0.5) is 0 Å². The lowest BCUT2D eigenvalue weighted by Gasteiger charge is -2.31. The van der Waals surface area contributed by atoms with Crippen molar-refractivity contribution in [1.29, 1.82) is 5.26 Å². The second-order valence-corrected chi connectivity index (χ2v) is 4.85. The van der Waals surface area contributed by atoms with Crippen LogP contribution >= 0.6 is 11.6 Å². The summed E-state index contributed by atoms with van der Waals surface area (Å²) < 4.78 is 0. The minimum Gasteiger partial charge on any atom is -0.323 e. The van der Waals surface area contributed by atoms with Gasteiger partial charge < -0.3 is 4.90 Å². The minimum absolute atomic E-state index is 0.131. The Hall–Kier alpha value is -1.60. The van der Waals surface area contributed by atoms with Crippen LogP contribution in [-0.2, 0) is 0 Å². The number of amides is 1. The molecule has 5 heteroatoms. The highest BCUT2D eigenvalue weighted by atomic mass is 35.5. The third kappa shape index (κ3) is 2.62. The molecule has 0 saturated carbocycles. The lowest BCUT2D eigenvalue weighted by Crippen LogP contribution is -2.43. The van der Waals surface area contributed by atoms with Crippen LogP contribution in [-0.4, -0.2) is 28.4 Å². The van der Waals surface area contributed by atoms with E-state index in [1.54, 1.807) is 24.0 Å². The molecule has 1 amide bonds. The van der Waals surface area contributed by atoms with Crippen LogP contribution in [0.5, 0.6) is 0 Å². The number of carbonyl (C=O) groups is 1. The number of hydrogen-bond donors (Lipinski definition) is 0. The molecule has 1 aromatic heterocycles. The number of nitrogens with zero attached hydrogens (tertiary/aromatic N) is 3. The molecule has 0 bridgehead atoms. The van der Waals surface area contributed by atoms with Crippen LogP contribution in [0.1, 0.15) is 35.3 Å². The van der Waals surface area contributed by atoms with Crippen molar-refractivity contribution in [2.45, 2.75) is 32.2 Å². The maximum absolute atomic E-state index is 12.4. The fraction of sp³-hybridized carbons (Fsp3) is 0.462. The van der Waals surface area contributed by atoms with Crippen molar-refractivity contribution in [2.75, 3.05) is 6.54 Å². The van der Waals surface area contributed by atoms with Crippen molar-refractivity contribution in [3.8, 4) is 6.07 Å². The van der Waals surface area contributed by atoms with Crippen LogP contribution in [0.3, 0.4) is 0 Å². The first kappa shape index (κ1) is 12.8. The maximum Gasteiger partial charge on any atom is 0.255 e. The quantitative estimate of drug-likeness (QED) is 0.732. The lowest BCUT2D eigenvalue weighted by molar-refractivity contribution is 0.0670. The van der Waals surface area contributed by atoms with Gasteiger partial charge in [0.1, 0.15) is 11.2 Å². The number of nitriles is 1. The predicted molar refractivity (Wildman–Crippen MR) is 68.3 cm³/mol. The van der Waals surface area contributed by atoms with Crippen LogP contribution in [0.2, 0.25) is 5.15 Å². The number of piperidine rings is 1. The zero-order chi connectivity index (χ0) is 13.1. The molecular weight excluding hydrogens is 250 g/mol. The summed E-state index contributed by atoms with van der Waals surface area (Å²) in [5.41, 5.74) is 1.21. The van der Waals surface area contributed by atoms with E-state index >= 15 is 0 Å². The summed E-state index contributed by atoms with van der Waals surface area (Å²) in [6.45, 7) is 2.43. The maximum atomic E-state index is 12.4. The number of aromatic nitrogens is 1. The Balaban J connectivity index is 2.27. The van der Waals surface area contributed by atoms with Gasteiger partial charge in [-0.3, -0.25) is 4.79 Å². The zero-order valence-corrected chi connectivity index (χ0v) is 10.9. The molecule has 0 aromatic carbocycles. The second kappa shape index (κ2) is 5.36. The Kier molecular flexibility index (Phi) is 3.83. The molecule has 1 fully saturated rings. The van der Waals surface area contributed by atoms with Gasteiger partial charge in [0, 0.05) is 17.8 Å². The summed E-state index contributed by atoms with van der Waals surface area (Å²) in [6, 6.07) is 5.13. The molecule has 0 radical (unpaired) electrons. The first-order chi connectivity index (χ1) is 8.61. The molecule has 94 valence electrons. The van der Waals surface area contributed by atoms with Crippen molar-refractivity contribution in [3.05, 3.63) is 28.5 Å². The third-order valence-electron chi connectivity index (χ3n) is 3.08. The molecule has 4 nitrogen and oxygen atoms in total. The molecule has 0 spiro atoms. The van der Waals surface area contributed by atoms with Gasteiger partial charge in [0.25, 0.3) is 5.91 Å². The lowest BCUT2D eigenvalue weighted by atomic mass is 10.0. The van der Waals surface area contributed by atoms with E-state index in [0.29, 0.717) is 23.0 Å². The number of halogens is 1. The molecule has 0 aliphatic carbocycles. The Bertz CT molecular complexity index is 489. The highest BCUT2D eigenvalue weighted by Gasteiger charge is 2.27. The fourth-order valence-corrected chi connectivity index (χ4v) is 2.48. The first-order valence-corrected chi connectivity index (χ1v) is 6.34. The smallest absolute Gasteiger partial charge is 0.255 e. The minimum atomic E-state index is -0.321. The molecule has 18 heavy (non-hydrogen) atoms. The van der Waals surface area contributed by atoms with Gasteiger partial charge in [-0.25, -0.2) is 4.98 Å². The van der Waals surface area contributed by atoms with E-state index in [9.17, 15) is 4.79 Å². The number of pyridine rings is 1. The van der Waals surface area contributed by atoms with Gasteiger partial charge in [-0.1, -0.05) is 11.6 Å². The molecule has 1 aliphatic heterocycles. The largest absolute Gasteiger partial charge is 0.323 e. The number of carbonyl (C=O) groups excluding carboxylic acids is 1.